The molecule has 1 fully saturated rings. The third-order valence-electron chi connectivity index (χ3n) is 3.97. The molecule has 1 aliphatic rings. The van der Waals surface area contributed by atoms with E-state index in [0.717, 1.165) is 33.0 Å². The Morgan fingerprint density at radius 3 is 2.63 bits per heavy atom. The van der Waals surface area contributed by atoms with Crippen molar-refractivity contribution in [2.75, 3.05) is 19.8 Å². The van der Waals surface area contributed by atoms with Gasteiger partial charge in [0.15, 0.2) is 0 Å². The smallest absolute Gasteiger partial charge is 0.326 e. The summed E-state index contributed by atoms with van der Waals surface area (Å²) < 4.78 is 10.5. The van der Waals surface area contributed by atoms with Crippen molar-refractivity contribution in [1.29, 1.82) is 0 Å². The molecule has 0 aromatic heterocycles. The lowest BCUT2D eigenvalue weighted by Crippen LogP contribution is -2.34. The summed E-state index contributed by atoms with van der Waals surface area (Å²) in [6.07, 6.45) is 1.66. The number of fused-ring (bicyclic) bond motifs is 1. The van der Waals surface area contributed by atoms with Gasteiger partial charge in [-0.15, -0.1) is 0 Å². The van der Waals surface area contributed by atoms with Crippen molar-refractivity contribution in [3.8, 4) is 5.75 Å². The second-order valence-electron chi connectivity index (χ2n) is 5.70. The molecule has 3 rings (SSSR count). The first-order valence-electron chi connectivity index (χ1n) is 8.60. The van der Waals surface area contributed by atoms with Crippen LogP contribution < -0.4 is 4.74 Å². The van der Waals surface area contributed by atoms with Crippen LogP contribution in [0.5, 0.6) is 5.75 Å². The van der Waals surface area contributed by atoms with E-state index in [1.807, 2.05) is 43.3 Å². The molecule has 0 spiro atoms. The molecule has 2 aromatic carbocycles. The van der Waals surface area contributed by atoms with Crippen LogP contribution in [0, 0.1) is 0 Å². The van der Waals surface area contributed by atoms with Gasteiger partial charge >= 0.3 is 5.97 Å². The van der Waals surface area contributed by atoms with Crippen molar-refractivity contribution in [1.82, 2.24) is 4.90 Å². The zero-order chi connectivity index (χ0) is 19.4. The lowest BCUT2D eigenvalue weighted by Gasteiger charge is -2.12. The molecule has 0 atom stereocenters. The fourth-order valence-corrected chi connectivity index (χ4v) is 3.63. The lowest BCUT2D eigenvalue weighted by molar-refractivity contribution is -0.145. The van der Waals surface area contributed by atoms with Crippen LogP contribution in [0.1, 0.15) is 19.4 Å². The van der Waals surface area contributed by atoms with Crippen molar-refractivity contribution in [2.45, 2.75) is 13.8 Å². The second-order valence-corrected chi connectivity index (χ2v) is 6.70. The highest BCUT2D eigenvalue weighted by Crippen LogP contribution is 2.36. The number of carbonyl (C=O) groups is 3. The Balaban J connectivity index is 1.99. The number of ether oxygens (including phenoxy) is 2. The molecule has 0 saturated carbocycles. The number of amides is 2. The number of imide groups is 1. The standard InChI is InChI=1S/C20H19NO5S/c1-3-25-16-10-9-13-7-5-6-8-14(13)15(16)11-17-19(23)21(20(24)27-17)12-18(22)26-4-2/h5-11H,3-4,12H2,1-2H3/b17-11-. The Morgan fingerprint density at radius 1 is 1.11 bits per heavy atom. The Bertz CT molecular complexity index is 937. The molecule has 1 heterocycles. The Morgan fingerprint density at radius 2 is 1.89 bits per heavy atom. The first-order chi connectivity index (χ1) is 13.0. The molecule has 0 bridgehead atoms. The van der Waals surface area contributed by atoms with Crippen LogP contribution in [0.4, 0.5) is 4.79 Å². The van der Waals surface area contributed by atoms with E-state index in [0.29, 0.717) is 12.4 Å². The van der Waals surface area contributed by atoms with Gasteiger partial charge in [-0.25, -0.2) is 0 Å². The van der Waals surface area contributed by atoms with Gasteiger partial charge in [-0.2, -0.15) is 0 Å². The average Bonchev–Trinajstić information content (AvgIpc) is 2.91. The minimum absolute atomic E-state index is 0.193. The molecule has 2 aromatic rings. The highest BCUT2D eigenvalue weighted by atomic mass is 32.2. The van der Waals surface area contributed by atoms with Crippen LogP contribution in [0.2, 0.25) is 0 Å². The monoisotopic (exact) mass is 385 g/mol. The predicted octanol–water partition coefficient (Wildman–Crippen LogP) is 3.84. The summed E-state index contributed by atoms with van der Waals surface area (Å²) in [7, 11) is 0. The molecule has 0 aliphatic carbocycles. The molecule has 1 aliphatic heterocycles. The number of carbonyl (C=O) groups excluding carboxylic acids is 3. The predicted molar refractivity (Wildman–Crippen MR) is 104 cm³/mol. The number of nitrogens with zero attached hydrogens (tertiary/aromatic N) is 1. The first-order valence-corrected chi connectivity index (χ1v) is 9.42. The number of hydrogen-bond acceptors (Lipinski definition) is 6. The van der Waals surface area contributed by atoms with Gasteiger partial charge in [-0.05, 0) is 48.5 Å². The molecular formula is C20H19NO5S. The Labute approximate surface area is 161 Å². The van der Waals surface area contributed by atoms with E-state index in [9.17, 15) is 14.4 Å². The summed E-state index contributed by atoms with van der Waals surface area (Å²) in [5.41, 5.74) is 0.733. The van der Waals surface area contributed by atoms with Crippen molar-refractivity contribution >= 4 is 45.7 Å². The second kappa shape index (κ2) is 8.26. The molecule has 0 unspecified atom stereocenters. The van der Waals surface area contributed by atoms with Gasteiger partial charge in [0, 0.05) is 5.56 Å². The summed E-state index contributed by atoms with van der Waals surface area (Å²) in [5, 5.41) is 1.43. The fourth-order valence-electron chi connectivity index (χ4n) is 2.81. The van der Waals surface area contributed by atoms with Crippen LogP contribution in [0.15, 0.2) is 41.3 Å². The Hall–Kier alpha value is -2.80. The quantitative estimate of drug-likeness (QED) is 0.556. The largest absolute Gasteiger partial charge is 0.493 e. The van der Waals surface area contributed by atoms with Crippen LogP contribution in [-0.2, 0) is 14.3 Å². The summed E-state index contributed by atoms with van der Waals surface area (Å²) in [5.74, 6) is -0.483. The summed E-state index contributed by atoms with van der Waals surface area (Å²) >= 11 is 0.807. The van der Waals surface area contributed by atoms with E-state index < -0.39 is 17.1 Å². The van der Waals surface area contributed by atoms with Crippen LogP contribution >= 0.6 is 11.8 Å². The molecule has 2 amide bonds. The molecule has 0 radical (unpaired) electrons. The van der Waals surface area contributed by atoms with Crippen LogP contribution in [0.25, 0.3) is 16.8 Å². The normalized spacial score (nSPS) is 15.6. The molecule has 7 heteroatoms. The van der Waals surface area contributed by atoms with Gasteiger partial charge in [-0.3, -0.25) is 19.3 Å². The van der Waals surface area contributed by atoms with Gasteiger partial charge in [0.25, 0.3) is 11.1 Å². The van der Waals surface area contributed by atoms with E-state index in [-0.39, 0.29) is 18.1 Å². The molecule has 6 nitrogen and oxygen atoms in total. The SMILES string of the molecule is CCOC(=O)CN1C(=O)S/C(=C\c2c(OCC)ccc3ccccc23)C1=O. The van der Waals surface area contributed by atoms with E-state index >= 15 is 0 Å². The number of rotatable bonds is 6. The zero-order valence-electron chi connectivity index (χ0n) is 15.1. The third-order valence-corrected chi connectivity index (χ3v) is 4.88. The average molecular weight is 385 g/mol. The van der Waals surface area contributed by atoms with Crippen molar-refractivity contribution in [2.24, 2.45) is 0 Å². The van der Waals surface area contributed by atoms with E-state index in [2.05, 4.69) is 0 Å². The van der Waals surface area contributed by atoms with Gasteiger partial charge < -0.3 is 9.47 Å². The number of thioether (sulfide) groups is 1. The highest BCUT2D eigenvalue weighted by molar-refractivity contribution is 8.18. The third kappa shape index (κ3) is 3.98. The van der Waals surface area contributed by atoms with E-state index in [1.54, 1.807) is 13.0 Å². The number of esters is 1. The maximum atomic E-state index is 12.6. The number of hydrogen-bond donors (Lipinski definition) is 0. The molecular weight excluding hydrogens is 366 g/mol. The number of benzene rings is 2. The van der Waals surface area contributed by atoms with Crippen LogP contribution in [-0.4, -0.2) is 41.8 Å². The summed E-state index contributed by atoms with van der Waals surface area (Å²) in [4.78, 5) is 37.6. The Kier molecular flexibility index (Phi) is 5.81. The van der Waals surface area contributed by atoms with Crippen LogP contribution in [0.3, 0.4) is 0 Å². The molecule has 1 saturated heterocycles. The molecule has 0 N–H and O–H groups in total. The minimum Gasteiger partial charge on any atom is -0.493 e. The summed E-state index contributed by atoms with van der Waals surface area (Å²) in [6, 6.07) is 11.5. The topological polar surface area (TPSA) is 72.9 Å². The van der Waals surface area contributed by atoms with Crippen molar-refractivity contribution in [3.05, 3.63) is 46.9 Å². The van der Waals surface area contributed by atoms with E-state index in [4.69, 9.17) is 9.47 Å². The maximum absolute atomic E-state index is 12.6. The van der Waals surface area contributed by atoms with Gasteiger partial charge in [0.1, 0.15) is 12.3 Å². The van der Waals surface area contributed by atoms with Gasteiger partial charge in [-0.1, -0.05) is 30.3 Å². The lowest BCUT2D eigenvalue weighted by atomic mass is 10.0. The minimum atomic E-state index is -0.610. The summed E-state index contributed by atoms with van der Waals surface area (Å²) in [6.45, 7) is 3.83. The first kappa shape index (κ1) is 19.0. The fraction of sp³-hybridized carbons (Fsp3) is 0.250. The van der Waals surface area contributed by atoms with Gasteiger partial charge in [0.2, 0.25) is 0 Å². The van der Waals surface area contributed by atoms with Crippen molar-refractivity contribution in [3.63, 3.8) is 0 Å². The molecule has 140 valence electrons. The van der Waals surface area contributed by atoms with E-state index in [1.165, 1.54) is 0 Å². The highest BCUT2D eigenvalue weighted by Gasteiger charge is 2.36. The van der Waals surface area contributed by atoms with Crippen molar-refractivity contribution < 1.29 is 23.9 Å². The van der Waals surface area contributed by atoms with Gasteiger partial charge in [0.05, 0.1) is 18.1 Å². The molecule has 27 heavy (non-hydrogen) atoms. The zero-order valence-corrected chi connectivity index (χ0v) is 15.9. The maximum Gasteiger partial charge on any atom is 0.326 e.